The molecule has 0 spiro atoms. The van der Waals surface area contributed by atoms with Crippen LogP contribution in [0.4, 0.5) is 0 Å². The number of halogens is 1. The zero-order chi connectivity index (χ0) is 15.4. The lowest BCUT2D eigenvalue weighted by Gasteiger charge is -2.31. The molecule has 1 aromatic rings. The Kier molecular flexibility index (Phi) is 5.36. The van der Waals surface area contributed by atoms with Gasteiger partial charge < -0.3 is 11.1 Å². The molecule has 0 saturated carbocycles. The van der Waals surface area contributed by atoms with Crippen molar-refractivity contribution in [1.82, 2.24) is 10.2 Å². The van der Waals surface area contributed by atoms with E-state index in [-0.39, 0.29) is 17.9 Å². The molecule has 0 bridgehead atoms. The van der Waals surface area contributed by atoms with Gasteiger partial charge in [-0.25, -0.2) is 0 Å². The first-order valence-electron chi connectivity index (χ1n) is 7.03. The van der Waals surface area contributed by atoms with Crippen molar-refractivity contribution in [2.75, 3.05) is 19.6 Å². The van der Waals surface area contributed by atoms with Crippen LogP contribution in [0.3, 0.4) is 0 Å². The summed E-state index contributed by atoms with van der Waals surface area (Å²) in [5, 5.41) is 3.07. The van der Waals surface area contributed by atoms with Crippen molar-refractivity contribution in [2.45, 2.75) is 25.8 Å². The SMILES string of the molecule is Cc1ccc(Br)c(C(=O)NC2CCN(CC(N)=O)CC2)c1. The zero-order valence-corrected chi connectivity index (χ0v) is 13.6. The Morgan fingerprint density at radius 1 is 1.38 bits per heavy atom. The Balaban J connectivity index is 1.90. The van der Waals surface area contributed by atoms with Crippen LogP contribution in [0, 0.1) is 6.92 Å². The molecule has 1 aromatic carbocycles. The standard InChI is InChI=1S/C15H20BrN3O2/c1-10-2-3-13(16)12(8-10)15(21)18-11-4-6-19(7-5-11)9-14(17)20/h2-3,8,11H,4-7,9H2,1H3,(H2,17,20)(H,18,21). The minimum absolute atomic E-state index is 0.0565. The first kappa shape index (κ1) is 16.0. The zero-order valence-electron chi connectivity index (χ0n) is 12.1. The summed E-state index contributed by atoms with van der Waals surface area (Å²) in [7, 11) is 0. The lowest BCUT2D eigenvalue weighted by Crippen LogP contribution is -2.46. The van der Waals surface area contributed by atoms with Crippen molar-refractivity contribution in [3.8, 4) is 0 Å². The highest BCUT2D eigenvalue weighted by atomic mass is 79.9. The first-order chi connectivity index (χ1) is 9.95. The molecule has 0 aliphatic carbocycles. The second-order valence-corrected chi connectivity index (χ2v) is 6.33. The number of nitrogens with zero attached hydrogens (tertiary/aromatic N) is 1. The van der Waals surface area contributed by atoms with Crippen molar-refractivity contribution >= 4 is 27.7 Å². The smallest absolute Gasteiger partial charge is 0.252 e. The van der Waals surface area contributed by atoms with E-state index >= 15 is 0 Å². The van der Waals surface area contributed by atoms with Gasteiger partial charge in [0.2, 0.25) is 5.91 Å². The highest BCUT2D eigenvalue weighted by Crippen LogP contribution is 2.19. The molecule has 1 heterocycles. The minimum Gasteiger partial charge on any atom is -0.369 e. The number of amides is 2. The fourth-order valence-corrected chi connectivity index (χ4v) is 2.96. The summed E-state index contributed by atoms with van der Waals surface area (Å²) in [6.07, 6.45) is 1.67. The average Bonchev–Trinajstić information content (AvgIpc) is 2.43. The van der Waals surface area contributed by atoms with Crippen molar-refractivity contribution in [3.63, 3.8) is 0 Å². The van der Waals surface area contributed by atoms with Crippen LogP contribution in [0.5, 0.6) is 0 Å². The number of carbonyl (C=O) groups excluding carboxylic acids is 2. The highest BCUT2D eigenvalue weighted by Gasteiger charge is 2.22. The van der Waals surface area contributed by atoms with Gasteiger partial charge in [0.05, 0.1) is 12.1 Å². The van der Waals surface area contributed by atoms with E-state index in [4.69, 9.17) is 5.73 Å². The van der Waals surface area contributed by atoms with Crippen LogP contribution < -0.4 is 11.1 Å². The maximum Gasteiger partial charge on any atom is 0.252 e. The van der Waals surface area contributed by atoms with E-state index in [2.05, 4.69) is 21.2 Å². The molecule has 3 N–H and O–H groups in total. The second kappa shape index (κ2) is 7.04. The van der Waals surface area contributed by atoms with Gasteiger partial charge in [-0.1, -0.05) is 11.6 Å². The molecule has 114 valence electrons. The molecule has 0 unspecified atom stereocenters. The predicted molar refractivity (Wildman–Crippen MR) is 85.0 cm³/mol. The molecule has 21 heavy (non-hydrogen) atoms. The molecule has 0 atom stereocenters. The van der Waals surface area contributed by atoms with Crippen molar-refractivity contribution in [1.29, 1.82) is 0 Å². The van der Waals surface area contributed by atoms with Gasteiger partial charge in [-0.05, 0) is 47.8 Å². The first-order valence-corrected chi connectivity index (χ1v) is 7.82. The average molecular weight is 354 g/mol. The number of primary amides is 1. The summed E-state index contributed by atoms with van der Waals surface area (Å²) in [5.74, 6) is -0.361. The Morgan fingerprint density at radius 3 is 2.67 bits per heavy atom. The molecule has 1 fully saturated rings. The summed E-state index contributed by atoms with van der Waals surface area (Å²) in [6.45, 7) is 3.82. The van der Waals surface area contributed by atoms with Gasteiger partial charge in [0.25, 0.3) is 5.91 Å². The fraction of sp³-hybridized carbons (Fsp3) is 0.467. The molecule has 0 radical (unpaired) electrons. The van der Waals surface area contributed by atoms with E-state index in [9.17, 15) is 9.59 Å². The Labute approximate surface area is 133 Å². The van der Waals surface area contributed by atoms with E-state index in [0.717, 1.165) is 36.0 Å². The topological polar surface area (TPSA) is 75.4 Å². The number of hydrogen-bond acceptors (Lipinski definition) is 3. The number of likely N-dealkylation sites (tertiary alicyclic amines) is 1. The van der Waals surface area contributed by atoms with Gasteiger partial charge in [-0.2, -0.15) is 0 Å². The third-order valence-electron chi connectivity index (χ3n) is 3.67. The van der Waals surface area contributed by atoms with Gasteiger partial charge in [-0.15, -0.1) is 0 Å². The van der Waals surface area contributed by atoms with Crippen molar-refractivity contribution in [3.05, 3.63) is 33.8 Å². The Bertz CT molecular complexity index is 540. The van der Waals surface area contributed by atoms with E-state index < -0.39 is 0 Å². The number of nitrogens with one attached hydrogen (secondary N) is 1. The van der Waals surface area contributed by atoms with Gasteiger partial charge in [0.15, 0.2) is 0 Å². The van der Waals surface area contributed by atoms with Gasteiger partial charge in [-0.3, -0.25) is 14.5 Å². The second-order valence-electron chi connectivity index (χ2n) is 5.47. The highest BCUT2D eigenvalue weighted by molar-refractivity contribution is 9.10. The number of carbonyl (C=O) groups is 2. The minimum atomic E-state index is -0.304. The quantitative estimate of drug-likeness (QED) is 0.859. The van der Waals surface area contributed by atoms with Crippen molar-refractivity contribution in [2.24, 2.45) is 5.73 Å². The Hall–Kier alpha value is -1.40. The number of nitrogens with two attached hydrogens (primary N) is 1. The third kappa shape index (κ3) is 4.54. The van der Waals surface area contributed by atoms with Crippen LogP contribution in [0.1, 0.15) is 28.8 Å². The number of hydrogen-bond donors (Lipinski definition) is 2. The summed E-state index contributed by atoms with van der Waals surface area (Å²) in [4.78, 5) is 25.2. The summed E-state index contributed by atoms with van der Waals surface area (Å²) >= 11 is 3.41. The molecule has 1 aliphatic heterocycles. The van der Waals surface area contributed by atoms with Gasteiger partial charge >= 0.3 is 0 Å². The maximum absolute atomic E-state index is 12.3. The van der Waals surface area contributed by atoms with Gasteiger partial charge in [0, 0.05) is 23.6 Å². The van der Waals surface area contributed by atoms with Crippen molar-refractivity contribution < 1.29 is 9.59 Å². The van der Waals surface area contributed by atoms with E-state index in [0.29, 0.717) is 12.1 Å². The van der Waals surface area contributed by atoms with Crippen LogP contribution >= 0.6 is 15.9 Å². The molecule has 1 saturated heterocycles. The monoisotopic (exact) mass is 353 g/mol. The lowest BCUT2D eigenvalue weighted by molar-refractivity contribution is -0.119. The van der Waals surface area contributed by atoms with Crippen LogP contribution in [0.25, 0.3) is 0 Å². The molecule has 1 aliphatic rings. The number of rotatable bonds is 4. The van der Waals surface area contributed by atoms with E-state index in [1.54, 1.807) is 0 Å². The molecular weight excluding hydrogens is 334 g/mol. The van der Waals surface area contributed by atoms with Crippen LogP contribution in [-0.2, 0) is 4.79 Å². The summed E-state index contributed by atoms with van der Waals surface area (Å²) < 4.78 is 0.803. The van der Waals surface area contributed by atoms with Crippen LogP contribution in [0.15, 0.2) is 22.7 Å². The molecule has 2 rings (SSSR count). The number of piperidine rings is 1. The number of benzene rings is 1. The summed E-state index contributed by atoms with van der Waals surface area (Å²) in [5.41, 5.74) is 6.91. The van der Waals surface area contributed by atoms with E-state index in [1.807, 2.05) is 30.0 Å². The predicted octanol–water partition coefficient (Wildman–Crippen LogP) is 1.44. The third-order valence-corrected chi connectivity index (χ3v) is 4.36. The largest absolute Gasteiger partial charge is 0.369 e. The maximum atomic E-state index is 12.3. The fourth-order valence-electron chi connectivity index (χ4n) is 2.53. The van der Waals surface area contributed by atoms with Gasteiger partial charge in [0.1, 0.15) is 0 Å². The molecular formula is C15H20BrN3O2. The summed E-state index contributed by atoms with van der Waals surface area (Å²) in [6, 6.07) is 5.87. The molecule has 2 amide bonds. The molecule has 5 nitrogen and oxygen atoms in total. The normalized spacial score (nSPS) is 16.7. The van der Waals surface area contributed by atoms with E-state index in [1.165, 1.54) is 0 Å². The molecule has 0 aromatic heterocycles. The van der Waals surface area contributed by atoms with Crippen LogP contribution in [0.2, 0.25) is 0 Å². The Morgan fingerprint density at radius 2 is 2.05 bits per heavy atom. The molecule has 6 heteroatoms. The number of aryl methyl sites for hydroxylation is 1. The van der Waals surface area contributed by atoms with Crippen LogP contribution in [-0.4, -0.2) is 42.4 Å². The lowest BCUT2D eigenvalue weighted by atomic mass is 10.0.